The highest BCUT2D eigenvalue weighted by Gasteiger charge is 2.22. The number of methoxy groups -OCH3 is 2. The van der Waals surface area contributed by atoms with Crippen molar-refractivity contribution in [2.24, 2.45) is 0 Å². The Labute approximate surface area is 126 Å². The zero-order chi connectivity index (χ0) is 15.2. The minimum absolute atomic E-state index is 0.0662. The van der Waals surface area contributed by atoms with Crippen molar-refractivity contribution in [3.63, 3.8) is 0 Å². The Morgan fingerprint density at radius 3 is 2.29 bits per heavy atom. The summed E-state index contributed by atoms with van der Waals surface area (Å²) in [5.41, 5.74) is 0.492. The lowest BCUT2D eigenvalue weighted by Gasteiger charge is -2.23. The first kappa shape index (κ1) is 15.6. The first-order chi connectivity index (χ1) is 10.2. The molecule has 1 fully saturated rings. The van der Waals surface area contributed by atoms with Gasteiger partial charge in [-0.15, -0.1) is 0 Å². The second kappa shape index (κ2) is 7.31. The van der Waals surface area contributed by atoms with Gasteiger partial charge in [0.15, 0.2) is 0 Å². The molecule has 1 aromatic rings. The van der Waals surface area contributed by atoms with Gasteiger partial charge in [-0.25, -0.2) is 0 Å². The molecule has 1 aliphatic heterocycles. The molecule has 1 amide bonds. The Morgan fingerprint density at radius 1 is 1.19 bits per heavy atom. The van der Waals surface area contributed by atoms with E-state index in [1.54, 1.807) is 31.3 Å². The molecule has 21 heavy (non-hydrogen) atoms. The van der Waals surface area contributed by atoms with Gasteiger partial charge < -0.3 is 19.3 Å². The standard InChI is InChI=1S/C16H24N2O3/c1-17(11-12-18-9-4-5-10-18)16(19)15-13(20-2)7-6-8-14(15)21-3/h6-8H,4-5,9-12H2,1-3H3. The second-order valence-corrected chi connectivity index (χ2v) is 5.31. The molecule has 1 aromatic carbocycles. The van der Waals surface area contributed by atoms with Crippen molar-refractivity contribution in [2.45, 2.75) is 12.8 Å². The zero-order valence-corrected chi connectivity index (χ0v) is 13.1. The Balaban J connectivity index is 2.07. The van der Waals surface area contributed by atoms with E-state index < -0.39 is 0 Å². The molecule has 5 heteroatoms. The molecule has 2 rings (SSSR count). The number of likely N-dealkylation sites (tertiary alicyclic amines) is 1. The van der Waals surface area contributed by atoms with Crippen molar-refractivity contribution in [3.05, 3.63) is 23.8 Å². The maximum atomic E-state index is 12.7. The van der Waals surface area contributed by atoms with Crippen LogP contribution in [-0.4, -0.2) is 63.2 Å². The lowest BCUT2D eigenvalue weighted by atomic mass is 10.1. The Morgan fingerprint density at radius 2 is 1.76 bits per heavy atom. The molecule has 0 N–H and O–H groups in total. The maximum absolute atomic E-state index is 12.7. The van der Waals surface area contributed by atoms with Crippen LogP contribution in [0.5, 0.6) is 11.5 Å². The van der Waals surface area contributed by atoms with Crippen LogP contribution in [0.15, 0.2) is 18.2 Å². The molecule has 0 atom stereocenters. The third-order valence-corrected chi connectivity index (χ3v) is 3.94. The molecule has 0 saturated carbocycles. The Kier molecular flexibility index (Phi) is 5.44. The van der Waals surface area contributed by atoms with Crippen LogP contribution in [0.4, 0.5) is 0 Å². The zero-order valence-electron chi connectivity index (χ0n) is 13.1. The molecule has 0 bridgehead atoms. The van der Waals surface area contributed by atoms with Crippen molar-refractivity contribution in [1.29, 1.82) is 0 Å². The average Bonchev–Trinajstić information content (AvgIpc) is 3.04. The summed E-state index contributed by atoms with van der Waals surface area (Å²) in [5, 5.41) is 0. The molecule has 1 saturated heterocycles. The quantitative estimate of drug-likeness (QED) is 0.803. The summed E-state index contributed by atoms with van der Waals surface area (Å²) in [5.74, 6) is 1.03. The van der Waals surface area contributed by atoms with E-state index in [1.807, 2.05) is 13.1 Å². The molecular weight excluding hydrogens is 268 g/mol. The van der Waals surface area contributed by atoms with Crippen LogP contribution in [0.25, 0.3) is 0 Å². The van der Waals surface area contributed by atoms with E-state index in [-0.39, 0.29) is 5.91 Å². The molecule has 1 aliphatic rings. The van der Waals surface area contributed by atoms with Crippen LogP contribution in [-0.2, 0) is 0 Å². The van der Waals surface area contributed by atoms with E-state index >= 15 is 0 Å². The van der Waals surface area contributed by atoms with Gasteiger partial charge in [-0.1, -0.05) is 6.07 Å². The topological polar surface area (TPSA) is 42.0 Å². The third-order valence-electron chi connectivity index (χ3n) is 3.94. The highest BCUT2D eigenvalue weighted by molar-refractivity contribution is 5.99. The van der Waals surface area contributed by atoms with E-state index in [1.165, 1.54) is 12.8 Å². The van der Waals surface area contributed by atoms with Crippen molar-refractivity contribution in [3.8, 4) is 11.5 Å². The van der Waals surface area contributed by atoms with Crippen LogP contribution < -0.4 is 9.47 Å². The van der Waals surface area contributed by atoms with Crippen molar-refractivity contribution >= 4 is 5.91 Å². The number of amides is 1. The predicted molar refractivity (Wildman–Crippen MR) is 82.2 cm³/mol. The number of benzene rings is 1. The van der Waals surface area contributed by atoms with E-state index in [0.717, 1.165) is 19.6 Å². The Hall–Kier alpha value is -1.75. The van der Waals surface area contributed by atoms with Gasteiger partial charge >= 0.3 is 0 Å². The molecule has 5 nitrogen and oxygen atoms in total. The van der Waals surface area contributed by atoms with Gasteiger partial charge in [0, 0.05) is 20.1 Å². The normalized spacial score (nSPS) is 15.0. The fourth-order valence-corrected chi connectivity index (χ4v) is 2.65. The molecule has 0 spiro atoms. The van der Waals surface area contributed by atoms with Gasteiger partial charge in [0.25, 0.3) is 5.91 Å². The second-order valence-electron chi connectivity index (χ2n) is 5.31. The van der Waals surface area contributed by atoms with Crippen LogP contribution in [0.1, 0.15) is 23.2 Å². The van der Waals surface area contributed by atoms with Crippen LogP contribution in [0, 0.1) is 0 Å². The van der Waals surface area contributed by atoms with Crippen molar-refractivity contribution in [2.75, 3.05) is 47.4 Å². The molecule has 116 valence electrons. The number of hydrogen-bond acceptors (Lipinski definition) is 4. The molecule has 0 aliphatic carbocycles. The largest absolute Gasteiger partial charge is 0.496 e. The predicted octanol–water partition coefficient (Wildman–Crippen LogP) is 1.87. The van der Waals surface area contributed by atoms with Gasteiger partial charge in [0.05, 0.1) is 14.2 Å². The van der Waals surface area contributed by atoms with Crippen molar-refractivity contribution in [1.82, 2.24) is 9.80 Å². The van der Waals surface area contributed by atoms with Gasteiger partial charge in [-0.2, -0.15) is 0 Å². The summed E-state index contributed by atoms with van der Waals surface area (Å²) in [6.07, 6.45) is 2.52. The van der Waals surface area contributed by atoms with Gasteiger partial charge in [-0.05, 0) is 38.1 Å². The molecule has 0 radical (unpaired) electrons. The number of carbonyl (C=O) groups excluding carboxylic acids is 1. The van der Waals surface area contributed by atoms with Crippen LogP contribution in [0.2, 0.25) is 0 Å². The fraction of sp³-hybridized carbons (Fsp3) is 0.562. The molecular formula is C16H24N2O3. The molecule has 0 aromatic heterocycles. The smallest absolute Gasteiger partial charge is 0.261 e. The van der Waals surface area contributed by atoms with E-state index in [9.17, 15) is 4.79 Å². The minimum atomic E-state index is -0.0662. The SMILES string of the molecule is COc1cccc(OC)c1C(=O)N(C)CCN1CCCC1. The summed E-state index contributed by atoms with van der Waals surface area (Å²) < 4.78 is 10.6. The van der Waals surface area contributed by atoms with E-state index in [2.05, 4.69) is 4.90 Å². The summed E-state index contributed by atoms with van der Waals surface area (Å²) in [6.45, 7) is 3.90. The number of likely N-dealkylation sites (N-methyl/N-ethyl adjacent to an activating group) is 1. The van der Waals surface area contributed by atoms with Gasteiger partial charge in [0.2, 0.25) is 0 Å². The lowest BCUT2D eigenvalue weighted by molar-refractivity contribution is 0.0775. The lowest BCUT2D eigenvalue weighted by Crippen LogP contribution is -2.35. The van der Waals surface area contributed by atoms with Crippen LogP contribution in [0.3, 0.4) is 0 Å². The first-order valence-electron chi connectivity index (χ1n) is 7.36. The summed E-state index contributed by atoms with van der Waals surface area (Å²) >= 11 is 0. The maximum Gasteiger partial charge on any atom is 0.261 e. The number of carbonyl (C=O) groups is 1. The van der Waals surface area contributed by atoms with E-state index in [0.29, 0.717) is 23.6 Å². The van der Waals surface area contributed by atoms with Crippen molar-refractivity contribution < 1.29 is 14.3 Å². The number of rotatable bonds is 6. The highest BCUT2D eigenvalue weighted by atomic mass is 16.5. The Bertz CT molecular complexity index is 462. The third kappa shape index (κ3) is 3.67. The summed E-state index contributed by atoms with van der Waals surface area (Å²) in [4.78, 5) is 16.8. The van der Waals surface area contributed by atoms with Crippen LogP contribution >= 0.6 is 0 Å². The molecule has 1 heterocycles. The molecule has 0 unspecified atom stereocenters. The first-order valence-corrected chi connectivity index (χ1v) is 7.36. The monoisotopic (exact) mass is 292 g/mol. The average molecular weight is 292 g/mol. The number of nitrogens with zero attached hydrogens (tertiary/aromatic N) is 2. The van der Waals surface area contributed by atoms with E-state index in [4.69, 9.17) is 9.47 Å². The highest BCUT2D eigenvalue weighted by Crippen LogP contribution is 2.29. The minimum Gasteiger partial charge on any atom is -0.496 e. The summed E-state index contributed by atoms with van der Waals surface area (Å²) in [6, 6.07) is 5.38. The van der Waals surface area contributed by atoms with Gasteiger partial charge in [0.1, 0.15) is 17.1 Å². The van der Waals surface area contributed by atoms with Gasteiger partial charge in [-0.3, -0.25) is 4.79 Å². The number of ether oxygens (including phenoxy) is 2. The fourth-order valence-electron chi connectivity index (χ4n) is 2.65. The number of hydrogen-bond donors (Lipinski definition) is 0. The summed E-state index contributed by atoms with van der Waals surface area (Å²) in [7, 11) is 4.95.